The summed E-state index contributed by atoms with van der Waals surface area (Å²) < 4.78 is 10.0. The number of esters is 1. The quantitative estimate of drug-likeness (QED) is 0.656. The van der Waals surface area contributed by atoms with Gasteiger partial charge in [-0.3, -0.25) is 9.59 Å². The first-order valence-corrected chi connectivity index (χ1v) is 9.65. The van der Waals surface area contributed by atoms with Crippen LogP contribution in [0.5, 0.6) is 0 Å². The van der Waals surface area contributed by atoms with Gasteiger partial charge in [-0.1, -0.05) is 28.9 Å². The van der Waals surface area contributed by atoms with Gasteiger partial charge in [0.25, 0.3) is 5.91 Å². The average Bonchev–Trinajstić information content (AvgIpc) is 2.93. The van der Waals surface area contributed by atoms with E-state index >= 15 is 0 Å². The van der Waals surface area contributed by atoms with Crippen LogP contribution in [0.2, 0.25) is 5.02 Å². The molecule has 0 aliphatic heterocycles. The molecule has 140 valence electrons. The molecular formula is C18H21ClN2O4S. The van der Waals surface area contributed by atoms with Crippen molar-refractivity contribution in [2.45, 2.75) is 26.0 Å². The number of hydrogen-bond donors (Lipinski definition) is 1. The number of benzene rings is 1. The predicted octanol–water partition coefficient (Wildman–Crippen LogP) is 3.08. The van der Waals surface area contributed by atoms with E-state index in [2.05, 4.69) is 10.5 Å². The number of ether oxygens (including phenoxy) is 1. The van der Waals surface area contributed by atoms with E-state index in [0.717, 1.165) is 22.6 Å². The number of amides is 1. The molecule has 2 aromatic rings. The third-order valence-electron chi connectivity index (χ3n) is 3.66. The SMILES string of the molecule is Cc1noc(C)c1CSCC(=O)OCC(=O)NCCc1ccc(Cl)cc1. The molecule has 1 aromatic heterocycles. The predicted molar refractivity (Wildman–Crippen MR) is 101 cm³/mol. The molecule has 0 unspecified atom stereocenters. The van der Waals surface area contributed by atoms with E-state index in [0.29, 0.717) is 23.7 Å². The van der Waals surface area contributed by atoms with Crippen LogP contribution in [0.4, 0.5) is 0 Å². The van der Waals surface area contributed by atoms with Crippen LogP contribution >= 0.6 is 23.4 Å². The van der Waals surface area contributed by atoms with E-state index in [1.165, 1.54) is 11.8 Å². The Hall–Kier alpha value is -1.99. The number of aromatic nitrogens is 1. The minimum absolute atomic E-state index is 0.169. The lowest BCUT2D eigenvalue weighted by atomic mass is 10.1. The lowest BCUT2D eigenvalue weighted by Gasteiger charge is -2.07. The molecule has 0 saturated heterocycles. The minimum atomic E-state index is -0.422. The number of carbonyl (C=O) groups excluding carboxylic acids is 2. The summed E-state index contributed by atoms with van der Waals surface area (Å²) in [5.41, 5.74) is 2.88. The van der Waals surface area contributed by atoms with Crippen molar-refractivity contribution in [3.8, 4) is 0 Å². The van der Waals surface area contributed by atoms with Gasteiger partial charge in [0.2, 0.25) is 0 Å². The van der Waals surface area contributed by atoms with E-state index in [1.54, 1.807) is 12.1 Å². The van der Waals surface area contributed by atoms with Crippen LogP contribution in [0, 0.1) is 13.8 Å². The third kappa shape index (κ3) is 6.72. The summed E-state index contributed by atoms with van der Waals surface area (Å²) in [4.78, 5) is 23.4. The molecule has 1 amide bonds. The summed E-state index contributed by atoms with van der Waals surface area (Å²) in [5.74, 6) is 0.798. The molecule has 6 nitrogen and oxygen atoms in total. The molecule has 1 N–H and O–H groups in total. The van der Waals surface area contributed by atoms with Crippen LogP contribution < -0.4 is 5.32 Å². The van der Waals surface area contributed by atoms with Gasteiger partial charge in [-0.05, 0) is 38.0 Å². The fourth-order valence-electron chi connectivity index (χ4n) is 2.18. The Balaban J connectivity index is 1.58. The van der Waals surface area contributed by atoms with Gasteiger partial charge in [-0.15, -0.1) is 11.8 Å². The number of thioether (sulfide) groups is 1. The first kappa shape index (κ1) is 20.3. The fourth-order valence-corrected chi connectivity index (χ4v) is 3.27. The zero-order chi connectivity index (χ0) is 18.9. The van der Waals surface area contributed by atoms with Crippen LogP contribution in [-0.2, 0) is 26.5 Å². The van der Waals surface area contributed by atoms with Crippen molar-refractivity contribution in [1.29, 1.82) is 0 Å². The Morgan fingerprint density at radius 2 is 2.00 bits per heavy atom. The maximum absolute atomic E-state index is 11.7. The number of carbonyl (C=O) groups is 2. The molecular weight excluding hydrogens is 376 g/mol. The Kier molecular flexibility index (Phi) is 8.00. The molecule has 26 heavy (non-hydrogen) atoms. The molecule has 0 saturated carbocycles. The molecule has 0 bridgehead atoms. The van der Waals surface area contributed by atoms with Crippen LogP contribution in [0.1, 0.15) is 22.6 Å². The van der Waals surface area contributed by atoms with E-state index in [9.17, 15) is 9.59 Å². The van der Waals surface area contributed by atoms with Crippen LogP contribution in [-0.4, -0.2) is 35.9 Å². The van der Waals surface area contributed by atoms with E-state index in [4.69, 9.17) is 20.9 Å². The molecule has 0 radical (unpaired) electrons. The van der Waals surface area contributed by atoms with Crippen molar-refractivity contribution in [1.82, 2.24) is 10.5 Å². The Labute approximate surface area is 161 Å². The summed E-state index contributed by atoms with van der Waals surface area (Å²) in [7, 11) is 0. The van der Waals surface area contributed by atoms with E-state index < -0.39 is 5.97 Å². The van der Waals surface area contributed by atoms with Gasteiger partial charge < -0.3 is 14.6 Å². The third-order valence-corrected chi connectivity index (χ3v) is 4.85. The van der Waals surface area contributed by atoms with Gasteiger partial charge in [0.1, 0.15) is 5.76 Å². The number of hydrogen-bond acceptors (Lipinski definition) is 6. The molecule has 0 atom stereocenters. The highest BCUT2D eigenvalue weighted by Gasteiger charge is 2.11. The van der Waals surface area contributed by atoms with Crippen molar-refractivity contribution in [3.63, 3.8) is 0 Å². The van der Waals surface area contributed by atoms with Crippen LogP contribution in [0.3, 0.4) is 0 Å². The highest BCUT2D eigenvalue weighted by Crippen LogP contribution is 2.19. The Bertz CT molecular complexity index is 727. The minimum Gasteiger partial charge on any atom is -0.455 e. The second-order valence-electron chi connectivity index (χ2n) is 5.68. The van der Waals surface area contributed by atoms with Gasteiger partial charge >= 0.3 is 5.97 Å². The number of halogens is 1. The maximum atomic E-state index is 11.7. The normalized spacial score (nSPS) is 10.6. The lowest BCUT2D eigenvalue weighted by Crippen LogP contribution is -2.30. The van der Waals surface area contributed by atoms with Crippen molar-refractivity contribution < 1.29 is 18.8 Å². The van der Waals surface area contributed by atoms with E-state index in [1.807, 2.05) is 26.0 Å². The van der Waals surface area contributed by atoms with Crippen molar-refractivity contribution >= 4 is 35.2 Å². The van der Waals surface area contributed by atoms with Gasteiger partial charge in [0, 0.05) is 22.9 Å². The summed E-state index contributed by atoms with van der Waals surface area (Å²) >= 11 is 7.22. The highest BCUT2D eigenvalue weighted by molar-refractivity contribution is 7.99. The second-order valence-corrected chi connectivity index (χ2v) is 7.10. The second kappa shape index (κ2) is 10.2. The molecule has 0 aliphatic rings. The topological polar surface area (TPSA) is 81.4 Å². The Morgan fingerprint density at radius 3 is 2.65 bits per heavy atom. The first-order valence-electron chi connectivity index (χ1n) is 8.12. The molecule has 8 heteroatoms. The van der Waals surface area contributed by atoms with Gasteiger partial charge in [-0.25, -0.2) is 0 Å². The highest BCUT2D eigenvalue weighted by atomic mass is 35.5. The number of nitrogens with one attached hydrogen (secondary N) is 1. The number of nitrogens with zero attached hydrogens (tertiary/aromatic N) is 1. The zero-order valence-corrected chi connectivity index (χ0v) is 16.3. The monoisotopic (exact) mass is 396 g/mol. The van der Waals surface area contributed by atoms with Crippen LogP contribution in [0.15, 0.2) is 28.8 Å². The summed E-state index contributed by atoms with van der Waals surface area (Å²) in [6.45, 7) is 3.89. The molecule has 1 aromatic carbocycles. The number of aryl methyl sites for hydroxylation is 2. The largest absolute Gasteiger partial charge is 0.455 e. The van der Waals surface area contributed by atoms with Crippen LogP contribution in [0.25, 0.3) is 0 Å². The number of rotatable bonds is 9. The molecule has 0 fully saturated rings. The van der Waals surface area contributed by atoms with E-state index in [-0.39, 0.29) is 18.3 Å². The molecule has 1 heterocycles. The first-order chi connectivity index (χ1) is 12.5. The summed E-state index contributed by atoms with van der Waals surface area (Å²) in [6, 6.07) is 7.43. The van der Waals surface area contributed by atoms with Crippen molar-refractivity contribution in [2.24, 2.45) is 0 Å². The van der Waals surface area contributed by atoms with Gasteiger partial charge in [0.15, 0.2) is 6.61 Å². The van der Waals surface area contributed by atoms with Crippen molar-refractivity contribution in [2.75, 3.05) is 18.9 Å². The lowest BCUT2D eigenvalue weighted by molar-refractivity contribution is -0.145. The Morgan fingerprint density at radius 1 is 1.27 bits per heavy atom. The fraction of sp³-hybridized carbons (Fsp3) is 0.389. The molecule has 2 rings (SSSR count). The molecule has 0 spiro atoms. The van der Waals surface area contributed by atoms with Gasteiger partial charge in [0.05, 0.1) is 11.4 Å². The summed E-state index contributed by atoms with van der Waals surface area (Å²) in [6.07, 6.45) is 0.685. The van der Waals surface area contributed by atoms with Crippen molar-refractivity contribution in [3.05, 3.63) is 51.9 Å². The molecule has 0 aliphatic carbocycles. The zero-order valence-electron chi connectivity index (χ0n) is 14.7. The smallest absolute Gasteiger partial charge is 0.316 e. The van der Waals surface area contributed by atoms with Gasteiger partial charge in [-0.2, -0.15) is 0 Å². The average molecular weight is 397 g/mol. The standard InChI is InChI=1S/C18H21ClN2O4S/c1-12-16(13(2)25-21-12)10-26-11-18(23)24-9-17(22)20-8-7-14-3-5-15(19)6-4-14/h3-6H,7-11H2,1-2H3,(H,20,22). The maximum Gasteiger partial charge on any atom is 0.316 e. The summed E-state index contributed by atoms with van der Waals surface area (Å²) in [5, 5.41) is 7.26.